The number of nitrogens with zero attached hydrogens (tertiary/aromatic N) is 3. The van der Waals surface area contributed by atoms with Gasteiger partial charge in [-0.3, -0.25) is 0 Å². The fraction of sp³-hybridized carbons (Fsp3) is 0.375. The van der Waals surface area contributed by atoms with Crippen LogP contribution in [0, 0.1) is 6.92 Å². The lowest BCUT2D eigenvalue weighted by molar-refractivity contribution is 0.806. The van der Waals surface area contributed by atoms with E-state index in [1.165, 1.54) is 11.1 Å². The first-order valence-electron chi connectivity index (χ1n) is 6.88. The molecule has 106 valence electrons. The molecule has 0 saturated carbocycles. The van der Waals surface area contributed by atoms with Crippen molar-refractivity contribution in [2.45, 2.75) is 33.2 Å². The molecule has 0 aliphatic rings. The van der Waals surface area contributed by atoms with Crippen LogP contribution < -0.4 is 4.90 Å². The van der Waals surface area contributed by atoms with Crippen LogP contribution in [0.15, 0.2) is 34.9 Å². The first-order valence-corrected chi connectivity index (χ1v) is 7.68. The van der Waals surface area contributed by atoms with Crippen LogP contribution in [-0.4, -0.2) is 17.0 Å². The van der Waals surface area contributed by atoms with Gasteiger partial charge in [0.15, 0.2) is 0 Å². The Hall–Kier alpha value is -1.42. The molecule has 1 aromatic heterocycles. The molecule has 2 aromatic rings. The van der Waals surface area contributed by atoms with Crippen LogP contribution in [0.4, 0.5) is 5.82 Å². The van der Waals surface area contributed by atoms with Crippen molar-refractivity contribution in [2.24, 2.45) is 0 Å². The number of hydrogen-bond acceptors (Lipinski definition) is 3. The van der Waals surface area contributed by atoms with Gasteiger partial charge in [0.1, 0.15) is 16.2 Å². The predicted octanol–water partition coefficient (Wildman–Crippen LogP) is 4.14. The van der Waals surface area contributed by atoms with Crippen molar-refractivity contribution >= 4 is 21.7 Å². The fourth-order valence-electron chi connectivity index (χ4n) is 2.03. The maximum absolute atomic E-state index is 4.62. The van der Waals surface area contributed by atoms with Crippen LogP contribution in [0.25, 0.3) is 0 Å². The van der Waals surface area contributed by atoms with E-state index < -0.39 is 0 Å². The van der Waals surface area contributed by atoms with Crippen molar-refractivity contribution in [3.05, 3.63) is 51.9 Å². The van der Waals surface area contributed by atoms with Gasteiger partial charge in [0.2, 0.25) is 0 Å². The number of rotatable bonds is 5. The van der Waals surface area contributed by atoms with Crippen molar-refractivity contribution in [1.82, 2.24) is 9.97 Å². The second-order valence-electron chi connectivity index (χ2n) is 5.06. The number of halogens is 1. The molecule has 0 spiro atoms. The Balaban J connectivity index is 2.15. The first kappa shape index (κ1) is 15.0. The monoisotopic (exact) mass is 333 g/mol. The highest BCUT2D eigenvalue weighted by Crippen LogP contribution is 2.18. The molecule has 4 heteroatoms. The number of aryl methyl sites for hydroxylation is 2. The van der Waals surface area contributed by atoms with Gasteiger partial charge in [0.25, 0.3) is 0 Å². The molecule has 0 N–H and O–H groups in total. The van der Waals surface area contributed by atoms with E-state index in [2.05, 4.69) is 76.0 Å². The maximum atomic E-state index is 4.62. The van der Waals surface area contributed by atoms with Crippen LogP contribution in [0.1, 0.15) is 30.3 Å². The van der Waals surface area contributed by atoms with Gasteiger partial charge in [0.05, 0.1) is 0 Å². The Bertz CT molecular complexity index is 566. The molecule has 0 bridgehead atoms. The fourth-order valence-corrected chi connectivity index (χ4v) is 2.44. The van der Waals surface area contributed by atoms with Crippen LogP contribution in [-0.2, 0) is 13.0 Å². The minimum absolute atomic E-state index is 0.843. The third-order valence-electron chi connectivity index (χ3n) is 3.13. The van der Waals surface area contributed by atoms with Gasteiger partial charge < -0.3 is 4.90 Å². The third-order valence-corrected chi connectivity index (χ3v) is 3.54. The molecular formula is C16H20BrN3. The van der Waals surface area contributed by atoms with E-state index >= 15 is 0 Å². The van der Waals surface area contributed by atoms with Gasteiger partial charge in [-0.25, -0.2) is 9.97 Å². The van der Waals surface area contributed by atoms with Gasteiger partial charge in [-0.2, -0.15) is 0 Å². The van der Waals surface area contributed by atoms with Crippen LogP contribution in [0.2, 0.25) is 0 Å². The number of hydrogen-bond donors (Lipinski definition) is 0. The quantitative estimate of drug-likeness (QED) is 0.770. The number of anilines is 1. The van der Waals surface area contributed by atoms with Gasteiger partial charge in [0, 0.05) is 26.1 Å². The van der Waals surface area contributed by atoms with Gasteiger partial charge in [-0.05, 0) is 34.8 Å². The molecule has 20 heavy (non-hydrogen) atoms. The lowest BCUT2D eigenvalue weighted by Crippen LogP contribution is -2.18. The molecule has 1 heterocycles. The van der Waals surface area contributed by atoms with Crippen molar-refractivity contribution in [3.8, 4) is 0 Å². The zero-order valence-electron chi connectivity index (χ0n) is 12.2. The predicted molar refractivity (Wildman–Crippen MR) is 87.0 cm³/mol. The normalized spacial score (nSPS) is 10.6. The summed E-state index contributed by atoms with van der Waals surface area (Å²) >= 11 is 3.47. The summed E-state index contributed by atoms with van der Waals surface area (Å²) in [4.78, 5) is 11.2. The van der Waals surface area contributed by atoms with Gasteiger partial charge in [-0.1, -0.05) is 36.8 Å². The molecule has 2 rings (SSSR count). The van der Waals surface area contributed by atoms with Gasteiger partial charge in [-0.15, -0.1) is 0 Å². The van der Waals surface area contributed by atoms with Crippen LogP contribution >= 0.6 is 15.9 Å². The first-order chi connectivity index (χ1) is 9.58. The maximum Gasteiger partial charge on any atom is 0.133 e. The van der Waals surface area contributed by atoms with Crippen molar-refractivity contribution in [2.75, 3.05) is 11.9 Å². The van der Waals surface area contributed by atoms with E-state index in [0.29, 0.717) is 0 Å². The lowest BCUT2D eigenvalue weighted by Gasteiger charge is -2.19. The summed E-state index contributed by atoms with van der Waals surface area (Å²) < 4.78 is 0.849. The summed E-state index contributed by atoms with van der Waals surface area (Å²) in [5.41, 5.74) is 2.57. The Morgan fingerprint density at radius 3 is 2.50 bits per heavy atom. The number of aromatic nitrogens is 2. The van der Waals surface area contributed by atoms with Crippen LogP contribution in [0.3, 0.4) is 0 Å². The van der Waals surface area contributed by atoms with E-state index in [-0.39, 0.29) is 0 Å². The molecule has 0 amide bonds. The minimum Gasteiger partial charge on any atom is -0.355 e. The largest absolute Gasteiger partial charge is 0.355 e. The zero-order chi connectivity index (χ0) is 14.5. The SMILES string of the molecule is CCCc1nc(Br)cc(N(C)Cc2ccc(C)cc2)n1. The average Bonchev–Trinajstić information content (AvgIpc) is 2.41. The van der Waals surface area contributed by atoms with Crippen molar-refractivity contribution in [3.63, 3.8) is 0 Å². The molecule has 0 radical (unpaired) electrons. The average molecular weight is 334 g/mol. The van der Waals surface area contributed by atoms with Gasteiger partial charge >= 0.3 is 0 Å². The molecule has 3 nitrogen and oxygen atoms in total. The smallest absolute Gasteiger partial charge is 0.133 e. The highest BCUT2D eigenvalue weighted by molar-refractivity contribution is 9.10. The molecule has 0 fully saturated rings. The van der Waals surface area contributed by atoms with E-state index in [0.717, 1.165) is 35.6 Å². The second-order valence-corrected chi connectivity index (χ2v) is 5.87. The summed E-state index contributed by atoms with van der Waals surface area (Å²) in [7, 11) is 2.06. The molecular weight excluding hydrogens is 314 g/mol. The molecule has 0 aliphatic heterocycles. The van der Waals surface area contributed by atoms with E-state index in [1.807, 2.05) is 6.07 Å². The topological polar surface area (TPSA) is 29.0 Å². The summed E-state index contributed by atoms with van der Waals surface area (Å²) in [6.45, 7) is 5.08. The summed E-state index contributed by atoms with van der Waals surface area (Å²) in [6.07, 6.45) is 1.96. The highest BCUT2D eigenvalue weighted by Gasteiger charge is 2.07. The molecule has 0 unspecified atom stereocenters. The summed E-state index contributed by atoms with van der Waals surface area (Å²) in [5, 5.41) is 0. The molecule has 0 aliphatic carbocycles. The van der Waals surface area contributed by atoms with Crippen LogP contribution in [0.5, 0.6) is 0 Å². The second kappa shape index (κ2) is 6.84. The zero-order valence-corrected chi connectivity index (χ0v) is 13.8. The van der Waals surface area contributed by atoms with E-state index in [4.69, 9.17) is 0 Å². The summed E-state index contributed by atoms with van der Waals surface area (Å²) in [5.74, 6) is 1.85. The lowest BCUT2D eigenvalue weighted by atomic mass is 10.1. The standard InChI is InChI=1S/C16H20BrN3/c1-4-5-15-18-14(17)10-16(19-15)20(3)11-13-8-6-12(2)7-9-13/h6-10H,4-5,11H2,1-3H3. The Morgan fingerprint density at radius 2 is 1.85 bits per heavy atom. The Labute approximate surface area is 129 Å². The molecule has 1 aromatic carbocycles. The highest BCUT2D eigenvalue weighted by atomic mass is 79.9. The molecule has 0 saturated heterocycles. The Kier molecular flexibility index (Phi) is 5.12. The van der Waals surface area contributed by atoms with Crippen molar-refractivity contribution < 1.29 is 0 Å². The summed E-state index contributed by atoms with van der Waals surface area (Å²) in [6, 6.07) is 10.6. The molecule has 0 atom stereocenters. The van der Waals surface area contributed by atoms with E-state index in [1.54, 1.807) is 0 Å². The third kappa shape index (κ3) is 4.04. The Morgan fingerprint density at radius 1 is 1.15 bits per heavy atom. The van der Waals surface area contributed by atoms with E-state index in [9.17, 15) is 0 Å². The minimum atomic E-state index is 0.843. The number of benzene rings is 1. The van der Waals surface area contributed by atoms with Crippen molar-refractivity contribution in [1.29, 1.82) is 0 Å².